The predicted molar refractivity (Wildman–Crippen MR) is 85.8 cm³/mol. The summed E-state index contributed by atoms with van der Waals surface area (Å²) in [4.78, 5) is 1.97. The molecule has 2 aliphatic rings. The van der Waals surface area contributed by atoms with Crippen LogP contribution in [0.2, 0.25) is 0 Å². The van der Waals surface area contributed by atoms with E-state index in [1.807, 2.05) is 4.90 Å². The monoisotopic (exact) mass is 344 g/mol. The van der Waals surface area contributed by atoms with E-state index in [-0.39, 0.29) is 11.7 Å². The van der Waals surface area contributed by atoms with Gasteiger partial charge in [-0.1, -0.05) is 6.42 Å². The lowest BCUT2D eigenvalue weighted by Gasteiger charge is -2.25. The Hall–Kier alpha value is -1.21. The third kappa shape index (κ3) is 4.20. The summed E-state index contributed by atoms with van der Waals surface area (Å²) < 4.78 is 53.0. The molecule has 0 spiro atoms. The first kappa shape index (κ1) is 16.6. The topological polar surface area (TPSA) is 49.4 Å². The van der Waals surface area contributed by atoms with E-state index in [4.69, 9.17) is 0 Å². The molecule has 1 N–H and O–H groups in total. The first-order chi connectivity index (χ1) is 10.9. The molecule has 1 heterocycles. The molecular formula is C16H22F2N2O2S. The fraction of sp³-hybridized carbons (Fsp3) is 0.625. The maximum absolute atomic E-state index is 13.3. The minimum Gasteiger partial charge on any atom is -0.371 e. The second-order valence-corrected chi connectivity index (χ2v) is 8.48. The highest BCUT2D eigenvalue weighted by Gasteiger charge is 2.27. The van der Waals surface area contributed by atoms with Crippen molar-refractivity contribution in [2.24, 2.45) is 11.8 Å². The van der Waals surface area contributed by atoms with Gasteiger partial charge in [0.15, 0.2) is 11.6 Å². The summed E-state index contributed by atoms with van der Waals surface area (Å²) in [5, 5.41) is 0. The number of benzene rings is 1. The van der Waals surface area contributed by atoms with E-state index in [1.165, 1.54) is 6.07 Å². The maximum Gasteiger partial charge on any atom is 0.211 e. The van der Waals surface area contributed by atoms with E-state index in [2.05, 4.69) is 4.72 Å². The summed E-state index contributed by atoms with van der Waals surface area (Å²) in [6.07, 6.45) is 3.99. The third-order valence-corrected chi connectivity index (χ3v) is 6.34. The Bertz CT molecular complexity index is 662. The molecule has 0 amide bonds. The van der Waals surface area contributed by atoms with Crippen molar-refractivity contribution in [3.05, 3.63) is 29.8 Å². The lowest BCUT2D eigenvalue weighted by Crippen LogP contribution is -2.36. The van der Waals surface area contributed by atoms with Crippen LogP contribution in [0.15, 0.2) is 18.2 Å². The van der Waals surface area contributed by atoms with Crippen LogP contribution in [0, 0.1) is 23.5 Å². The third-order valence-electron chi connectivity index (χ3n) is 4.83. The number of hydrogen-bond acceptors (Lipinski definition) is 3. The van der Waals surface area contributed by atoms with Crippen molar-refractivity contribution in [2.45, 2.75) is 25.7 Å². The molecule has 1 saturated heterocycles. The fourth-order valence-electron chi connectivity index (χ4n) is 3.19. The number of nitrogens with zero attached hydrogens (tertiary/aromatic N) is 1. The van der Waals surface area contributed by atoms with Gasteiger partial charge in [-0.15, -0.1) is 0 Å². The molecule has 0 bridgehead atoms. The molecular weight excluding hydrogens is 322 g/mol. The van der Waals surface area contributed by atoms with Gasteiger partial charge in [0.1, 0.15) is 0 Å². The van der Waals surface area contributed by atoms with Crippen LogP contribution < -0.4 is 9.62 Å². The largest absolute Gasteiger partial charge is 0.371 e. The summed E-state index contributed by atoms with van der Waals surface area (Å²) in [6, 6.07) is 3.87. The van der Waals surface area contributed by atoms with Crippen LogP contribution in [0.4, 0.5) is 14.5 Å². The quantitative estimate of drug-likeness (QED) is 0.863. The minimum absolute atomic E-state index is 0.194. The lowest BCUT2D eigenvalue weighted by molar-refractivity contribution is 0.346. The van der Waals surface area contributed by atoms with Crippen LogP contribution >= 0.6 is 0 Å². The van der Waals surface area contributed by atoms with Crippen molar-refractivity contribution in [1.82, 2.24) is 4.72 Å². The second kappa shape index (κ2) is 6.73. The van der Waals surface area contributed by atoms with Crippen molar-refractivity contribution >= 4 is 15.7 Å². The average molecular weight is 344 g/mol. The molecule has 1 aromatic rings. The van der Waals surface area contributed by atoms with E-state index >= 15 is 0 Å². The summed E-state index contributed by atoms with van der Waals surface area (Å²) in [5.41, 5.74) is 0.642. The van der Waals surface area contributed by atoms with E-state index < -0.39 is 21.7 Å². The van der Waals surface area contributed by atoms with Gasteiger partial charge in [0.25, 0.3) is 0 Å². The van der Waals surface area contributed by atoms with Gasteiger partial charge in [-0.3, -0.25) is 0 Å². The van der Waals surface area contributed by atoms with E-state index in [0.717, 1.165) is 38.3 Å². The Kier molecular flexibility index (Phi) is 4.87. The SMILES string of the molecule is O=S(=O)(CC1CCC1)NC[C@@H]1CCN(c2ccc(F)c(F)c2)C1. The highest BCUT2D eigenvalue weighted by molar-refractivity contribution is 7.89. The molecule has 7 heteroatoms. The fourth-order valence-corrected chi connectivity index (χ4v) is 4.75. The second-order valence-electron chi connectivity index (χ2n) is 6.63. The zero-order valence-corrected chi connectivity index (χ0v) is 13.8. The van der Waals surface area contributed by atoms with E-state index in [0.29, 0.717) is 24.7 Å². The smallest absolute Gasteiger partial charge is 0.211 e. The first-order valence-corrected chi connectivity index (χ1v) is 9.75. The highest BCUT2D eigenvalue weighted by Crippen LogP contribution is 2.28. The lowest BCUT2D eigenvalue weighted by atomic mass is 9.87. The number of rotatable bonds is 6. The van der Waals surface area contributed by atoms with Crippen LogP contribution in [0.3, 0.4) is 0 Å². The standard InChI is InChI=1S/C16H22F2N2O2S/c17-15-5-4-14(8-16(15)18)20-7-6-13(10-20)9-19-23(21,22)11-12-2-1-3-12/h4-5,8,12-13,19H,1-3,6-7,9-11H2/t13-/m0/s1. The highest BCUT2D eigenvalue weighted by atomic mass is 32.2. The Morgan fingerprint density at radius 3 is 2.57 bits per heavy atom. The summed E-state index contributed by atoms with van der Waals surface area (Å²) in [5.74, 6) is -0.971. The molecule has 3 rings (SSSR count). The Morgan fingerprint density at radius 1 is 1.13 bits per heavy atom. The Morgan fingerprint density at radius 2 is 1.91 bits per heavy atom. The van der Waals surface area contributed by atoms with Gasteiger partial charge in [-0.25, -0.2) is 21.9 Å². The van der Waals surface area contributed by atoms with Crippen molar-refractivity contribution in [3.8, 4) is 0 Å². The van der Waals surface area contributed by atoms with Gasteiger partial charge in [-0.2, -0.15) is 0 Å². The molecule has 0 aromatic heterocycles. The van der Waals surface area contributed by atoms with E-state index in [9.17, 15) is 17.2 Å². The molecule has 0 radical (unpaired) electrons. The van der Waals surface area contributed by atoms with Gasteiger partial charge in [-0.05, 0) is 43.2 Å². The molecule has 23 heavy (non-hydrogen) atoms. The summed E-state index contributed by atoms with van der Waals surface area (Å²) >= 11 is 0. The van der Waals surface area contributed by atoms with Gasteiger partial charge in [0.05, 0.1) is 5.75 Å². The summed E-state index contributed by atoms with van der Waals surface area (Å²) in [7, 11) is -3.20. The Labute approximate surface area is 135 Å². The van der Waals surface area contributed by atoms with Gasteiger partial charge in [0.2, 0.25) is 10.0 Å². The number of halogens is 2. The number of nitrogens with one attached hydrogen (secondary N) is 1. The van der Waals surface area contributed by atoms with Crippen molar-refractivity contribution < 1.29 is 17.2 Å². The maximum atomic E-state index is 13.3. The summed E-state index contributed by atoms with van der Waals surface area (Å²) in [6.45, 7) is 1.78. The van der Waals surface area contributed by atoms with Crippen molar-refractivity contribution in [2.75, 3.05) is 30.3 Å². The van der Waals surface area contributed by atoms with Gasteiger partial charge < -0.3 is 4.90 Å². The molecule has 1 aromatic carbocycles. The van der Waals surface area contributed by atoms with Crippen LogP contribution in [-0.4, -0.2) is 33.8 Å². The molecule has 128 valence electrons. The minimum atomic E-state index is -3.20. The van der Waals surface area contributed by atoms with Crippen molar-refractivity contribution in [3.63, 3.8) is 0 Å². The first-order valence-electron chi connectivity index (χ1n) is 8.10. The van der Waals surface area contributed by atoms with E-state index in [1.54, 1.807) is 6.07 Å². The van der Waals surface area contributed by atoms with Crippen LogP contribution in [0.5, 0.6) is 0 Å². The van der Waals surface area contributed by atoms with Crippen molar-refractivity contribution in [1.29, 1.82) is 0 Å². The van der Waals surface area contributed by atoms with Crippen LogP contribution in [-0.2, 0) is 10.0 Å². The number of sulfonamides is 1. The van der Waals surface area contributed by atoms with Crippen LogP contribution in [0.25, 0.3) is 0 Å². The zero-order chi connectivity index (χ0) is 16.4. The van der Waals surface area contributed by atoms with Gasteiger partial charge in [0, 0.05) is 31.4 Å². The normalized spacial score (nSPS) is 22.3. The molecule has 4 nitrogen and oxygen atoms in total. The number of hydrogen-bond donors (Lipinski definition) is 1. The molecule has 0 unspecified atom stereocenters. The predicted octanol–water partition coefficient (Wildman–Crippen LogP) is 2.51. The molecule has 1 aliphatic heterocycles. The molecule has 1 aliphatic carbocycles. The van der Waals surface area contributed by atoms with Crippen LogP contribution in [0.1, 0.15) is 25.7 Å². The van der Waals surface area contributed by atoms with Gasteiger partial charge >= 0.3 is 0 Å². The number of anilines is 1. The molecule has 2 fully saturated rings. The average Bonchev–Trinajstić information content (AvgIpc) is 2.93. The zero-order valence-electron chi connectivity index (χ0n) is 13.0. The molecule has 1 saturated carbocycles. The Balaban J connectivity index is 1.50. The molecule has 1 atom stereocenters.